The predicted molar refractivity (Wildman–Crippen MR) is 145 cm³/mol. The second kappa shape index (κ2) is 13.9. The number of carbonyl (C=O) groups excluding carboxylic acids is 3. The van der Waals surface area contributed by atoms with Crippen molar-refractivity contribution < 1.29 is 43.7 Å². The number of hydrogen-bond donors (Lipinski definition) is 4. The highest BCUT2D eigenvalue weighted by atomic mass is 16.6. The number of hydrogen-bond acceptors (Lipinski definition) is 9. The number of aliphatic carboxylic acids is 2. The number of anilines is 1. The van der Waals surface area contributed by atoms with Crippen molar-refractivity contribution in [1.29, 1.82) is 0 Å². The lowest BCUT2D eigenvalue weighted by molar-refractivity contribution is -0.157. The molecule has 0 unspecified atom stereocenters. The van der Waals surface area contributed by atoms with Gasteiger partial charge in [-0.3, -0.25) is 29.4 Å². The van der Waals surface area contributed by atoms with E-state index in [0.29, 0.717) is 24.9 Å². The zero-order valence-corrected chi connectivity index (χ0v) is 22.4. The Morgan fingerprint density at radius 1 is 1.05 bits per heavy atom. The van der Waals surface area contributed by atoms with E-state index in [0.717, 1.165) is 11.1 Å². The van der Waals surface area contributed by atoms with Gasteiger partial charge in [0, 0.05) is 18.7 Å². The van der Waals surface area contributed by atoms with Gasteiger partial charge in [0.25, 0.3) is 0 Å². The number of aryl methyl sites for hydroxylation is 2. The average molecular weight is 568 g/mol. The SMILES string of the molecule is O=C(O)COC(=O)[C@H](CCc1ccccc1)N[C@H]1CCc2ccccc2N(CC(=O)O[C@H]2CN[C@H](C(=O)O)C2)C1=O. The normalized spacial score (nSPS) is 20.9. The van der Waals surface area contributed by atoms with Crippen molar-refractivity contribution in [3.63, 3.8) is 0 Å². The van der Waals surface area contributed by atoms with E-state index >= 15 is 0 Å². The Morgan fingerprint density at radius 3 is 2.49 bits per heavy atom. The number of esters is 2. The molecule has 2 aliphatic heterocycles. The molecule has 4 N–H and O–H groups in total. The van der Waals surface area contributed by atoms with Crippen LogP contribution >= 0.6 is 0 Å². The Kier molecular flexibility index (Phi) is 10.0. The van der Waals surface area contributed by atoms with E-state index in [1.165, 1.54) is 4.90 Å². The molecule has 2 aromatic rings. The molecule has 1 amide bonds. The van der Waals surface area contributed by atoms with E-state index < -0.39 is 67.2 Å². The van der Waals surface area contributed by atoms with Crippen molar-refractivity contribution in [1.82, 2.24) is 10.6 Å². The van der Waals surface area contributed by atoms with Crippen LogP contribution in [0, 0.1) is 0 Å². The highest BCUT2D eigenvalue weighted by molar-refractivity contribution is 6.02. The van der Waals surface area contributed by atoms with Crippen molar-refractivity contribution >= 4 is 35.5 Å². The van der Waals surface area contributed by atoms with Crippen molar-refractivity contribution in [2.24, 2.45) is 0 Å². The standard InChI is InChI=1S/C29H33N3O9/c33-25(34)17-40-29(39)22(12-10-18-6-2-1-3-7-18)31-21-13-11-19-8-4-5-9-24(19)32(27(21)36)16-26(35)41-20-14-23(28(37)38)30-15-20/h1-9,20-23,30-31H,10-17H2,(H,33,34)(H,37,38)/t20-,21+,22+,23+/m1/s1. The van der Waals surface area contributed by atoms with Crippen LogP contribution in [0.3, 0.4) is 0 Å². The molecule has 0 aromatic heterocycles. The minimum Gasteiger partial charge on any atom is -0.480 e. The Morgan fingerprint density at radius 2 is 1.78 bits per heavy atom. The van der Waals surface area contributed by atoms with E-state index in [9.17, 15) is 29.1 Å². The molecule has 0 aliphatic carbocycles. The third-order valence-electron chi connectivity index (χ3n) is 7.11. The van der Waals surface area contributed by atoms with Gasteiger partial charge in [0.05, 0.1) is 6.04 Å². The molecule has 12 heteroatoms. The molecule has 2 aromatic carbocycles. The Balaban J connectivity index is 1.49. The second-order valence-electron chi connectivity index (χ2n) is 10.0. The number of nitrogens with zero attached hydrogens (tertiary/aromatic N) is 1. The van der Waals surface area contributed by atoms with Crippen LogP contribution in [0.15, 0.2) is 54.6 Å². The second-order valence-corrected chi connectivity index (χ2v) is 10.0. The van der Waals surface area contributed by atoms with Gasteiger partial charge in [0.1, 0.15) is 24.7 Å². The lowest BCUT2D eigenvalue weighted by Gasteiger charge is -2.28. The topological polar surface area (TPSA) is 172 Å². The molecule has 1 saturated heterocycles. The summed E-state index contributed by atoms with van der Waals surface area (Å²) in [5.74, 6) is -4.25. The van der Waals surface area contributed by atoms with Gasteiger partial charge in [-0.05, 0) is 42.9 Å². The maximum absolute atomic E-state index is 13.8. The molecule has 0 radical (unpaired) electrons. The number of carboxylic acid groups (broad SMARTS) is 2. The smallest absolute Gasteiger partial charge is 0.341 e. The van der Waals surface area contributed by atoms with Crippen LogP contribution in [-0.2, 0) is 46.3 Å². The Labute approximate surface area is 236 Å². The van der Waals surface area contributed by atoms with E-state index in [1.807, 2.05) is 42.5 Å². The largest absolute Gasteiger partial charge is 0.480 e. The van der Waals surface area contributed by atoms with Gasteiger partial charge in [-0.15, -0.1) is 0 Å². The van der Waals surface area contributed by atoms with Crippen molar-refractivity contribution in [3.8, 4) is 0 Å². The highest BCUT2D eigenvalue weighted by Crippen LogP contribution is 2.28. The summed E-state index contributed by atoms with van der Waals surface area (Å²) in [5, 5.41) is 24.0. The molecule has 41 heavy (non-hydrogen) atoms. The number of para-hydroxylation sites is 1. The lowest BCUT2D eigenvalue weighted by atomic mass is 10.0. The molecule has 1 fully saturated rings. The zero-order valence-electron chi connectivity index (χ0n) is 22.4. The van der Waals surface area contributed by atoms with Gasteiger partial charge < -0.3 is 25.0 Å². The maximum atomic E-state index is 13.8. The van der Waals surface area contributed by atoms with Crippen LogP contribution in [0.1, 0.15) is 30.4 Å². The van der Waals surface area contributed by atoms with Crippen LogP contribution in [0.25, 0.3) is 0 Å². The molecule has 4 rings (SSSR count). The summed E-state index contributed by atoms with van der Waals surface area (Å²) in [6, 6.07) is 13.9. The van der Waals surface area contributed by atoms with E-state index in [1.54, 1.807) is 12.1 Å². The van der Waals surface area contributed by atoms with Crippen molar-refractivity contribution in [3.05, 3.63) is 65.7 Å². The molecule has 218 valence electrons. The maximum Gasteiger partial charge on any atom is 0.341 e. The molecule has 12 nitrogen and oxygen atoms in total. The number of carboxylic acids is 2. The zero-order chi connectivity index (χ0) is 29.4. The van der Waals surface area contributed by atoms with Gasteiger partial charge in [0.15, 0.2) is 6.61 Å². The molecule has 2 aliphatic rings. The van der Waals surface area contributed by atoms with E-state index in [-0.39, 0.29) is 19.4 Å². The molecular formula is C29H33N3O9. The molecule has 4 atom stereocenters. The minimum atomic E-state index is -1.29. The van der Waals surface area contributed by atoms with Gasteiger partial charge in [-0.1, -0.05) is 48.5 Å². The van der Waals surface area contributed by atoms with Gasteiger partial charge in [-0.25, -0.2) is 4.79 Å². The first kappa shape index (κ1) is 29.7. The summed E-state index contributed by atoms with van der Waals surface area (Å²) in [4.78, 5) is 63.2. The summed E-state index contributed by atoms with van der Waals surface area (Å²) in [7, 11) is 0. The molecule has 2 heterocycles. The molecule has 0 saturated carbocycles. The molecule has 0 spiro atoms. The van der Waals surface area contributed by atoms with Crippen LogP contribution in [-0.4, -0.2) is 83.9 Å². The summed E-state index contributed by atoms with van der Waals surface area (Å²) in [6.45, 7) is -1.01. The van der Waals surface area contributed by atoms with E-state index in [2.05, 4.69) is 10.6 Å². The number of benzene rings is 2. The first-order valence-electron chi connectivity index (χ1n) is 13.4. The number of nitrogens with one attached hydrogen (secondary N) is 2. The fraction of sp³-hybridized carbons (Fsp3) is 0.414. The number of ether oxygens (including phenoxy) is 2. The quantitative estimate of drug-likeness (QED) is 0.269. The first-order chi connectivity index (χ1) is 19.7. The fourth-order valence-electron chi connectivity index (χ4n) is 5.07. The third kappa shape index (κ3) is 8.12. The van der Waals surface area contributed by atoms with Gasteiger partial charge >= 0.3 is 23.9 Å². The summed E-state index contributed by atoms with van der Waals surface area (Å²) >= 11 is 0. The average Bonchev–Trinajstić information content (AvgIpc) is 3.39. The van der Waals surface area contributed by atoms with Crippen LogP contribution in [0.5, 0.6) is 0 Å². The van der Waals surface area contributed by atoms with Gasteiger partial charge in [0.2, 0.25) is 5.91 Å². The predicted octanol–water partition coefficient (Wildman–Crippen LogP) is 0.912. The van der Waals surface area contributed by atoms with E-state index in [4.69, 9.17) is 14.6 Å². The monoisotopic (exact) mass is 567 g/mol. The molecular weight excluding hydrogens is 534 g/mol. The number of rotatable bonds is 12. The summed E-state index contributed by atoms with van der Waals surface area (Å²) < 4.78 is 10.5. The number of carbonyl (C=O) groups is 5. The molecule has 0 bridgehead atoms. The highest BCUT2D eigenvalue weighted by Gasteiger charge is 2.36. The lowest BCUT2D eigenvalue weighted by Crippen LogP contribution is -2.53. The minimum absolute atomic E-state index is 0.122. The Hall–Kier alpha value is -4.29. The number of amides is 1. The number of fused-ring (bicyclic) bond motifs is 1. The van der Waals surface area contributed by atoms with Crippen LogP contribution in [0.4, 0.5) is 5.69 Å². The summed E-state index contributed by atoms with van der Waals surface area (Å²) in [5.41, 5.74) is 2.34. The van der Waals surface area contributed by atoms with Crippen molar-refractivity contribution in [2.75, 3.05) is 24.6 Å². The van der Waals surface area contributed by atoms with Crippen molar-refractivity contribution in [2.45, 2.75) is 56.3 Å². The summed E-state index contributed by atoms with van der Waals surface area (Å²) in [6.07, 6.45) is 1.01. The first-order valence-corrected chi connectivity index (χ1v) is 13.4. The van der Waals surface area contributed by atoms with Crippen LogP contribution < -0.4 is 15.5 Å². The van der Waals surface area contributed by atoms with Gasteiger partial charge in [-0.2, -0.15) is 0 Å². The van der Waals surface area contributed by atoms with Crippen LogP contribution in [0.2, 0.25) is 0 Å². The Bertz CT molecular complexity index is 1270. The fourth-order valence-corrected chi connectivity index (χ4v) is 5.07. The third-order valence-corrected chi connectivity index (χ3v) is 7.11.